The van der Waals surface area contributed by atoms with Crippen molar-refractivity contribution in [3.05, 3.63) is 45.1 Å². The number of aryl methyl sites for hydroxylation is 1. The predicted octanol–water partition coefficient (Wildman–Crippen LogP) is -0.335. The van der Waals surface area contributed by atoms with Crippen molar-refractivity contribution in [3.8, 4) is 11.5 Å². The Morgan fingerprint density at radius 1 is 1.20 bits per heavy atom. The molecule has 1 aromatic carbocycles. The van der Waals surface area contributed by atoms with Crippen molar-refractivity contribution in [3.63, 3.8) is 0 Å². The molecular formula is C19H25N5O6. The fourth-order valence-corrected chi connectivity index (χ4v) is 2.91. The van der Waals surface area contributed by atoms with Gasteiger partial charge in [0, 0.05) is 13.6 Å². The summed E-state index contributed by atoms with van der Waals surface area (Å²) in [5.74, 6) is 1.49. The number of aromatic nitrogens is 4. The SMILES string of the molecule is COc1ccc(OC[C@@H](O)Cn2c(NC[C@@H](C)O)nc3c2c(=O)[nH]c(=O)n3C)cc1. The predicted molar refractivity (Wildman–Crippen MR) is 110 cm³/mol. The van der Waals surface area contributed by atoms with Crippen LogP contribution in [-0.4, -0.2) is 61.8 Å². The molecule has 11 heteroatoms. The number of ether oxygens (including phenoxy) is 2. The Kier molecular flexibility index (Phi) is 6.43. The second-order valence-corrected chi connectivity index (χ2v) is 6.91. The van der Waals surface area contributed by atoms with Crippen LogP contribution in [0, 0.1) is 0 Å². The zero-order chi connectivity index (χ0) is 21.8. The van der Waals surface area contributed by atoms with Crippen LogP contribution in [0.1, 0.15) is 6.92 Å². The lowest BCUT2D eigenvalue weighted by molar-refractivity contribution is 0.0937. The Morgan fingerprint density at radius 2 is 1.87 bits per heavy atom. The molecule has 0 aliphatic heterocycles. The minimum atomic E-state index is -0.978. The van der Waals surface area contributed by atoms with Crippen molar-refractivity contribution in [2.45, 2.75) is 25.7 Å². The zero-order valence-electron chi connectivity index (χ0n) is 17.0. The van der Waals surface area contributed by atoms with Crippen molar-refractivity contribution in [1.82, 2.24) is 19.1 Å². The van der Waals surface area contributed by atoms with E-state index in [-0.39, 0.29) is 36.8 Å². The summed E-state index contributed by atoms with van der Waals surface area (Å²) in [6.45, 7) is 1.72. The first-order valence-corrected chi connectivity index (χ1v) is 9.36. The van der Waals surface area contributed by atoms with E-state index in [4.69, 9.17) is 9.47 Å². The summed E-state index contributed by atoms with van der Waals surface area (Å²) in [7, 11) is 3.05. The monoisotopic (exact) mass is 419 g/mol. The van der Waals surface area contributed by atoms with Crippen LogP contribution >= 0.6 is 0 Å². The molecule has 0 radical (unpaired) electrons. The van der Waals surface area contributed by atoms with Gasteiger partial charge in [-0.25, -0.2) is 4.79 Å². The number of imidazole rings is 1. The van der Waals surface area contributed by atoms with E-state index in [1.165, 1.54) is 16.2 Å². The largest absolute Gasteiger partial charge is 0.497 e. The van der Waals surface area contributed by atoms with E-state index in [1.807, 2.05) is 0 Å². The maximum Gasteiger partial charge on any atom is 0.329 e. The highest BCUT2D eigenvalue weighted by Gasteiger charge is 2.20. The van der Waals surface area contributed by atoms with Crippen LogP contribution in [0.15, 0.2) is 33.9 Å². The van der Waals surface area contributed by atoms with Crippen LogP contribution in [-0.2, 0) is 13.6 Å². The number of hydrogen-bond acceptors (Lipinski definition) is 8. The number of fused-ring (bicyclic) bond motifs is 1. The molecule has 162 valence electrons. The fourth-order valence-electron chi connectivity index (χ4n) is 2.91. The van der Waals surface area contributed by atoms with Gasteiger partial charge in [0.2, 0.25) is 5.95 Å². The topological polar surface area (TPSA) is 144 Å². The Bertz CT molecular complexity index is 1120. The van der Waals surface area contributed by atoms with Gasteiger partial charge in [-0.1, -0.05) is 0 Å². The first kappa shape index (κ1) is 21.4. The normalized spacial score (nSPS) is 13.2. The number of aliphatic hydroxyl groups excluding tert-OH is 2. The first-order chi connectivity index (χ1) is 14.3. The van der Waals surface area contributed by atoms with E-state index in [0.717, 1.165) is 0 Å². The Balaban J connectivity index is 1.85. The minimum absolute atomic E-state index is 0.0178. The van der Waals surface area contributed by atoms with Gasteiger partial charge in [0.05, 0.1) is 19.8 Å². The quantitative estimate of drug-likeness (QED) is 0.369. The number of hydrogen-bond donors (Lipinski definition) is 4. The van der Waals surface area contributed by atoms with Gasteiger partial charge in [0.1, 0.15) is 24.2 Å². The highest BCUT2D eigenvalue weighted by molar-refractivity contribution is 5.74. The lowest BCUT2D eigenvalue weighted by Gasteiger charge is -2.16. The number of aromatic amines is 1. The molecule has 30 heavy (non-hydrogen) atoms. The molecule has 11 nitrogen and oxygen atoms in total. The molecule has 0 fully saturated rings. The molecule has 0 bridgehead atoms. The van der Waals surface area contributed by atoms with Crippen molar-refractivity contribution in [1.29, 1.82) is 0 Å². The van der Waals surface area contributed by atoms with Crippen LogP contribution in [0.3, 0.4) is 0 Å². The van der Waals surface area contributed by atoms with Crippen LogP contribution in [0.2, 0.25) is 0 Å². The smallest absolute Gasteiger partial charge is 0.329 e. The molecule has 0 unspecified atom stereocenters. The summed E-state index contributed by atoms with van der Waals surface area (Å²) in [5, 5.41) is 23.0. The fraction of sp³-hybridized carbons (Fsp3) is 0.421. The first-order valence-electron chi connectivity index (χ1n) is 9.36. The summed E-state index contributed by atoms with van der Waals surface area (Å²) in [4.78, 5) is 30.8. The second-order valence-electron chi connectivity index (χ2n) is 6.91. The molecule has 4 N–H and O–H groups in total. The van der Waals surface area contributed by atoms with Gasteiger partial charge in [0.15, 0.2) is 11.2 Å². The van der Waals surface area contributed by atoms with Gasteiger partial charge in [-0.2, -0.15) is 4.98 Å². The molecule has 0 aliphatic rings. The van der Waals surface area contributed by atoms with E-state index in [0.29, 0.717) is 11.5 Å². The number of H-pyrrole nitrogens is 1. The van der Waals surface area contributed by atoms with Crippen molar-refractivity contribution in [2.75, 3.05) is 25.6 Å². The van der Waals surface area contributed by atoms with Gasteiger partial charge in [-0.05, 0) is 31.2 Å². The number of aliphatic hydroxyl groups is 2. The maximum atomic E-state index is 12.4. The molecule has 3 rings (SSSR count). The van der Waals surface area contributed by atoms with Crippen molar-refractivity contribution < 1.29 is 19.7 Å². The van der Waals surface area contributed by atoms with E-state index >= 15 is 0 Å². The van der Waals surface area contributed by atoms with E-state index in [1.54, 1.807) is 38.3 Å². The highest BCUT2D eigenvalue weighted by Crippen LogP contribution is 2.19. The van der Waals surface area contributed by atoms with Gasteiger partial charge in [0.25, 0.3) is 5.56 Å². The second kappa shape index (κ2) is 9.01. The summed E-state index contributed by atoms with van der Waals surface area (Å²) in [6, 6.07) is 6.91. The van der Waals surface area contributed by atoms with Crippen LogP contribution in [0.25, 0.3) is 11.2 Å². The van der Waals surface area contributed by atoms with Gasteiger partial charge < -0.3 is 29.6 Å². The Morgan fingerprint density at radius 3 is 2.50 bits per heavy atom. The number of methoxy groups -OCH3 is 1. The summed E-state index contributed by atoms with van der Waals surface area (Å²) in [6.07, 6.45) is -1.64. The third-order valence-corrected chi connectivity index (χ3v) is 4.46. The highest BCUT2D eigenvalue weighted by atomic mass is 16.5. The molecule has 2 aromatic heterocycles. The summed E-state index contributed by atoms with van der Waals surface area (Å²) >= 11 is 0. The maximum absolute atomic E-state index is 12.4. The zero-order valence-corrected chi connectivity index (χ0v) is 17.0. The number of nitrogens with zero attached hydrogens (tertiary/aromatic N) is 3. The standard InChI is InChI=1S/C19H25N5O6/c1-11(25)8-20-18-21-16-15(17(27)22-19(28)23(16)2)24(18)9-12(26)10-30-14-6-4-13(29-3)5-7-14/h4-7,11-12,25-26H,8-10H2,1-3H3,(H,20,21)(H,22,27,28)/t11-,12+/m1/s1. The van der Waals surface area contributed by atoms with Crippen LogP contribution in [0.4, 0.5) is 5.95 Å². The minimum Gasteiger partial charge on any atom is -0.497 e. The van der Waals surface area contributed by atoms with E-state index in [2.05, 4.69) is 15.3 Å². The molecular weight excluding hydrogens is 394 g/mol. The number of rotatable bonds is 9. The van der Waals surface area contributed by atoms with Crippen LogP contribution < -0.4 is 26.0 Å². The summed E-state index contributed by atoms with van der Waals surface area (Å²) < 4.78 is 13.4. The Labute approximate surface area is 171 Å². The number of benzene rings is 1. The number of nitrogens with one attached hydrogen (secondary N) is 2. The average molecular weight is 419 g/mol. The molecule has 0 saturated carbocycles. The van der Waals surface area contributed by atoms with Crippen molar-refractivity contribution in [2.24, 2.45) is 7.05 Å². The molecule has 0 saturated heterocycles. The average Bonchev–Trinajstić information content (AvgIpc) is 3.08. The van der Waals surface area contributed by atoms with E-state index < -0.39 is 23.5 Å². The van der Waals surface area contributed by atoms with E-state index in [9.17, 15) is 19.8 Å². The van der Waals surface area contributed by atoms with Crippen molar-refractivity contribution >= 4 is 17.1 Å². The van der Waals surface area contributed by atoms with Gasteiger partial charge in [-0.15, -0.1) is 0 Å². The van der Waals surface area contributed by atoms with Gasteiger partial charge in [-0.3, -0.25) is 14.3 Å². The third kappa shape index (κ3) is 4.63. The molecule has 2 atom stereocenters. The third-order valence-electron chi connectivity index (χ3n) is 4.46. The lowest BCUT2D eigenvalue weighted by atomic mass is 10.3. The molecule has 0 amide bonds. The summed E-state index contributed by atoms with van der Waals surface area (Å²) in [5.41, 5.74) is -0.912. The molecule has 2 heterocycles. The number of anilines is 1. The van der Waals surface area contributed by atoms with Crippen LogP contribution in [0.5, 0.6) is 11.5 Å². The Hall–Kier alpha value is -3.31. The molecule has 3 aromatic rings. The lowest BCUT2D eigenvalue weighted by Crippen LogP contribution is -2.31. The van der Waals surface area contributed by atoms with Gasteiger partial charge >= 0.3 is 5.69 Å². The molecule has 0 spiro atoms. The molecule has 0 aliphatic carbocycles.